The first-order valence-electron chi connectivity index (χ1n) is 6.57. The molecule has 0 aliphatic carbocycles. The lowest BCUT2D eigenvalue weighted by molar-refractivity contribution is -0.163. The van der Waals surface area contributed by atoms with Crippen LogP contribution in [0.15, 0.2) is 48.5 Å². The van der Waals surface area contributed by atoms with Gasteiger partial charge in [0.25, 0.3) is 0 Å². The summed E-state index contributed by atoms with van der Waals surface area (Å²) < 4.78 is 5.38. The van der Waals surface area contributed by atoms with Crippen molar-refractivity contribution in [1.29, 1.82) is 0 Å². The minimum absolute atomic E-state index is 0.209. The van der Waals surface area contributed by atoms with Crippen LogP contribution in [0, 0.1) is 0 Å². The first-order valence-corrected chi connectivity index (χ1v) is 6.57. The molecule has 7 nitrogen and oxygen atoms in total. The van der Waals surface area contributed by atoms with E-state index in [2.05, 4.69) is 0 Å². The van der Waals surface area contributed by atoms with Gasteiger partial charge in [-0.15, -0.1) is 0 Å². The highest BCUT2D eigenvalue weighted by molar-refractivity contribution is 5.86. The summed E-state index contributed by atoms with van der Waals surface area (Å²) >= 11 is 0. The number of hydrogen-bond donors (Lipinski definition) is 4. The number of phenols is 2. The monoisotopic (exact) mass is 318 g/mol. The second-order valence-corrected chi connectivity index (χ2v) is 4.79. The van der Waals surface area contributed by atoms with E-state index in [0.29, 0.717) is 0 Å². The molecule has 2 aromatic rings. The molecule has 2 rings (SSSR count). The molecule has 4 N–H and O–H groups in total. The maximum Gasteiger partial charge on any atom is 0.353 e. The van der Waals surface area contributed by atoms with Gasteiger partial charge >= 0.3 is 11.9 Å². The fraction of sp³-hybridized carbons (Fsp3) is 0.125. The van der Waals surface area contributed by atoms with Crippen molar-refractivity contribution in [3.05, 3.63) is 54.1 Å². The van der Waals surface area contributed by atoms with Crippen molar-refractivity contribution in [3.63, 3.8) is 0 Å². The highest BCUT2D eigenvalue weighted by atomic mass is 16.5. The zero-order valence-electron chi connectivity index (χ0n) is 11.8. The number of para-hydroxylation sites is 3. The number of aliphatic carboxylic acids is 2. The van der Waals surface area contributed by atoms with Crippen LogP contribution in [0.25, 0.3) is 0 Å². The second-order valence-electron chi connectivity index (χ2n) is 4.79. The van der Waals surface area contributed by atoms with Crippen molar-refractivity contribution in [2.75, 3.05) is 0 Å². The number of aromatic hydroxyl groups is 2. The van der Waals surface area contributed by atoms with Crippen molar-refractivity contribution in [2.45, 2.75) is 12.0 Å². The van der Waals surface area contributed by atoms with Gasteiger partial charge in [-0.25, -0.2) is 4.79 Å². The van der Waals surface area contributed by atoms with Gasteiger partial charge in [-0.05, 0) is 18.2 Å². The molecule has 0 amide bonds. The maximum absolute atomic E-state index is 11.8. The van der Waals surface area contributed by atoms with E-state index in [-0.39, 0.29) is 17.1 Å². The van der Waals surface area contributed by atoms with Crippen molar-refractivity contribution < 1.29 is 34.8 Å². The molecule has 0 aromatic heterocycles. The topological polar surface area (TPSA) is 124 Å². The molecule has 0 heterocycles. The summed E-state index contributed by atoms with van der Waals surface area (Å²) in [6, 6.07) is 11.0. The molecule has 2 aromatic carbocycles. The Kier molecular flexibility index (Phi) is 4.40. The zero-order chi connectivity index (χ0) is 17.0. The molecule has 0 aliphatic rings. The van der Waals surface area contributed by atoms with Crippen molar-refractivity contribution >= 4 is 11.9 Å². The van der Waals surface area contributed by atoms with Crippen LogP contribution in [0.4, 0.5) is 0 Å². The Hall–Kier alpha value is -3.22. The predicted molar refractivity (Wildman–Crippen MR) is 78.4 cm³/mol. The van der Waals surface area contributed by atoms with Crippen LogP contribution >= 0.6 is 0 Å². The highest BCUT2D eigenvalue weighted by Gasteiger charge is 2.47. The first-order chi connectivity index (χ1) is 10.9. The first kappa shape index (κ1) is 16.2. The van der Waals surface area contributed by atoms with E-state index in [4.69, 9.17) is 9.84 Å². The fourth-order valence-electron chi connectivity index (χ4n) is 2.18. The lowest BCUT2D eigenvalue weighted by Gasteiger charge is -2.30. The summed E-state index contributed by atoms with van der Waals surface area (Å²) in [6.45, 7) is 0. The molecule has 1 atom stereocenters. The quantitative estimate of drug-likeness (QED) is 0.641. The number of hydrogen-bond acceptors (Lipinski definition) is 5. The Labute approximate surface area is 131 Å². The predicted octanol–water partition coefficient (Wildman–Crippen LogP) is 1.93. The molecule has 0 spiro atoms. The lowest BCUT2D eigenvalue weighted by Crippen LogP contribution is -2.43. The smallest absolute Gasteiger partial charge is 0.353 e. The molecule has 0 aliphatic heterocycles. The molecule has 120 valence electrons. The molecule has 0 bridgehead atoms. The van der Waals surface area contributed by atoms with Crippen molar-refractivity contribution in [2.24, 2.45) is 0 Å². The van der Waals surface area contributed by atoms with Gasteiger partial charge in [-0.1, -0.05) is 30.3 Å². The van der Waals surface area contributed by atoms with Crippen molar-refractivity contribution in [1.82, 2.24) is 0 Å². The Morgan fingerprint density at radius 1 is 0.913 bits per heavy atom. The Morgan fingerprint density at radius 2 is 1.48 bits per heavy atom. The number of carboxylic acid groups (broad SMARTS) is 2. The Morgan fingerprint density at radius 3 is 2.00 bits per heavy atom. The molecule has 1 unspecified atom stereocenters. The van der Waals surface area contributed by atoms with E-state index in [9.17, 15) is 24.9 Å². The molecule has 0 radical (unpaired) electrons. The van der Waals surface area contributed by atoms with Crippen LogP contribution in [0.3, 0.4) is 0 Å². The Balaban J connectivity index is 2.63. The van der Waals surface area contributed by atoms with E-state index in [0.717, 1.165) is 0 Å². The van der Waals surface area contributed by atoms with Crippen LogP contribution in [0.1, 0.15) is 12.0 Å². The van der Waals surface area contributed by atoms with E-state index in [1.807, 2.05) is 0 Å². The number of benzene rings is 2. The maximum atomic E-state index is 11.8. The molecular weight excluding hydrogens is 304 g/mol. The van der Waals surface area contributed by atoms with Crippen LogP contribution in [-0.4, -0.2) is 32.4 Å². The molecule has 0 saturated heterocycles. The number of rotatable bonds is 6. The normalized spacial score (nSPS) is 13.0. The van der Waals surface area contributed by atoms with Gasteiger partial charge in [-0.3, -0.25) is 4.79 Å². The van der Waals surface area contributed by atoms with Gasteiger partial charge in [0.15, 0.2) is 11.5 Å². The summed E-state index contributed by atoms with van der Waals surface area (Å²) in [4.78, 5) is 23.0. The average molecular weight is 318 g/mol. The zero-order valence-corrected chi connectivity index (χ0v) is 11.8. The Bertz CT molecular complexity index is 741. The van der Waals surface area contributed by atoms with Gasteiger partial charge in [0.1, 0.15) is 12.2 Å². The van der Waals surface area contributed by atoms with E-state index < -0.39 is 29.7 Å². The van der Waals surface area contributed by atoms with Crippen molar-refractivity contribution in [3.8, 4) is 17.2 Å². The third-order valence-electron chi connectivity index (χ3n) is 3.23. The summed E-state index contributed by atoms with van der Waals surface area (Å²) in [7, 11) is 0. The van der Waals surface area contributed by atoms with E-state index in [1.54, 1.807) is 0 Å². The van der Waals surface area contributed by atoms with Gasteiger partial charge in [0.05, 0.1) is 0 Å². The molecular formula is C16H14O7. The molecule has 7 heteroatoms. The average Bonchev–Trinajstić information content (AvgIpc) is 2.48. The SMILES string of the molecule is O=C(O)CC(Oc1ccccc1O)(C(=O)O)c1ccccc1O. The standard InChI is InChI=1S/C16H14O7/c17-11-6-2-1-5-10(11)16(15(21)22,9-14(19)20)23-13-8-4-3-7-12(13)18/h1-8,17-18H,9H2,(H,19,20)(H,21,22). The van der Waals surface area contributed by atoms with Crippen LogP contribution in [-0.2, 0) is 15.2 Å². The highest BCUT2D eigenvalue weighted by Crippen LogP contribution is 2.39. The van der Waals surface area contributed by atoms with Crippen LogP contribution < -0.4 is 4.74 Å². The van der Waals surface area contributed by atoms with E-state index in [1.165, 1.54) is 48.5 Å². The summed E-state index contributed by atoms with van der Waals surface area (Å²) in [5.74, 6) is -4.03. The van der Waals surface area contributed by atoms with Crippen LogP contribution in [0.2, 0.25) is 0 Å². The van der Waals surface area contributed by atoms with Gasteiger partial charge in [0, 0.05) is 5.56 Å². The minimum atomic E-state index is -2.39. The second kappa shape index (κ2) is 6.27. The third kappa shape index (κ3) is 3.18. The molecule has 0 saturated carbocycles. The number of phenolic OH excluding ortho intramolecular Hbond substituents is 2. The third-order valence-corrected chi connectivity index (χ3v) is 3.23. The fourth-order valence-corrected chi connectivity index (χ4v) is 2.18. The summed E-state index contributed by atoms with van der Waals surface area (Å²) in [5, 5.41) is 38.5. The molecule has 23 heavy (non-hydrogen) atoms. The van der Waals surface area contributed by atoms with Gasteiger partial charge in [0.2, 0.25) is 5.60 Å². The van der Waals surface area contributed by atoms with Gasteiger partial charge in [-0.2, -0.15) is 0 Å². The van der Waals surface area contributed by atoms with Crippen LogP contribution in [0.5, 0.6) is 17.2 Å². The summed E-state index contributed by atoms with van der Waals surface area (Å²) in [5.41, 5.74) is -2.62. The number of carbonyl (C=O) groups is 2. The molecule has 0 fully saturated rings. The number of carboxylic acids is 2. The minimum Gasteiger partial charge on any atom is -0.507 e. The summed E-state index contributed by atoms with van der Waals surface area (Å²) in [6.07, 6.45) is -0.950. The lowest BCUT2D eigenvalue weighted by atomic mass is 9.89. The largest absolute Gasteiger partial charge is 0.507 e. The number of ether oxygens (including phenoxy) is 1. The van der Waals surface area contributed by atoms with E-state index >= 15 is 0 Å². The van der Waals surface area contributed by atoms with Gasteiger partial charge < -0.3 is 25.2 Å².